The Morgan fingerprint density at radius 1 is 1.21 bits per heavy atom. The summed E-state index contributed by atoms with van der Waals surface area (Å²) < 4.78 is 27.5. The molecular formula is C20H22N4O4S. The molecular weight excluding hydrogens is 392 g/mol. The third-order valence-electron chi connectivity index (χ3n) is 4.48. The van der Waals surface area contributed by atoms with Crippen LogP contribution in [0.5, 0.6) is 0 Å². The second kappa shape index (κ2) is 8.56. The maximum Gasteiger partial charge on any atom is 0.264 e. The summed E-state index contributed by atoms with van der Waals surface area (Å²) in [7, 11) is -1.29. The highest BCUT2D eigenvalue weighted by molar-refractivity contribution is 7.89. The quantitative estimate of drug-likeness (QED) is 0.600. The van der Waals surface area contributed by atoms with E-state index in [0.29, 0.717) is 12.2 Å². The van der Waals surface area contributed by atoms with Crippen LogP contribution in [-0.2, 0) is 21.4 Å². The number of hydrogen-bond acceptors (Lipinski definition) is 5. The van der Waals surface area contributed by atoms with Gasteiger partial charge in [0.25, 0.3) is 15.9 Å². The Balaban J connectivity index is 1.72. The lowest BCUT2D eigenvalue weighted by molar-refractivity contribution is -0.0258. The molecule has 9 heteroatoms. The van der Waals surface area contributed by atoms with Crippen molar-refractivity contribution >= 4 is 21.6 Å². The molecule has 0 saturated carbocycles. The SMILES string of the molecule is CON(C)S(=O)(=O)c1cccc(C(=O)Nc2ccc(Cn3ccnc3C)cc2)c1. The van der Waals surface area contributed by atoms with Gasteiger partial charge in [-0.1, -0.05) is 22.7 Å². The molecule has 0 unspecified atom stereocenters. The molecule has 29 heavy (non-hydrogen) atoms. The second-order valence-corrected chi connectivity index (χ2v) is 8.31. The molecule has 1 N–H and O–H groups in total. The van der Waals surface area contributed by atoms with Crippen molar-refractivity contribution < 1.29 is 18.0 Å². The molecule has 0 aliphatic rings. The molecule has 8 nitrogen and oxygen atoms in total. The third kappa shape index (κ3) is 4.70. The molecule has 0 radical (unpaired) electrons. The first-order chi connectivity index (χ1) is 13.8. The number of anilines is 1. The van der Waals surface area contributed by atoms with Crippen LogP contribution in [0.4, 0.5) is 5.69 Å². The van der Waals surface area contributed by atoms with Crippen molar-refractivity contribution in [1.29, 1.82) is 0 Å². The van der Waals surface area contributed by atoms with Gasteiger partial charge < -0.3 is 9.88 Å². The number of nitrogens with zero attached hydrogens (tertiary/aromatic N) is 3. The standard InChI is InChI=1S/C20H22N4O4S/c1-15-21-11-12-24(15)14-16-7-9-18(10-8-16)22-20(25)17-5-4-6-19(13-17)29(26,27)23(2)28-3/h4-13H,14H2,1-3H3,(H,22,25). The molecule has 1 aromatic heterocycles. The molecule has 2 aromatic carbocycles. The summed E-state index contributed by atoms with van der Waals surface area (Å²) in [6.45, 7) is 2.63. The fourth-order valence-corrected chi connectivity index (χ4v) is 3.73. The van der Waals surface area contributed by atoms with E-state index < -0.39 is 15.9 Å². The van der Waals surface area contributed by atoms with Crippen LogP contribution in [0.1, 0.15) is 21.7 Å². The molecule has 3 rings (SSSR count). The van der Waals surface area contributed by atoms with E-state index in [2.05, 4.69) is 10.3 Å². The number of amides is 1. The number of sulfonamides is 1. The minimum atomic E-state index is -3.83. The molecule has 3 aromatic rings. The zero-order valence-electron chi connectivity index (χ0n) is 16.4. The van der Waals surface area contributed by atoms with Gasteiger partial charge in [-0.05, 0) is 42.8 Å². The van der Waals surface area contributed by atoms with Gasteiger partial charge >= 0.3 is 0 Å². The van der Waals surface area contributed by atoms with Crippen molar-refractivity contribution in [3.63, 3.8) is 0 Å². The van der Waals surface area contributed by atoms with E-state index in [0.717, 1.165) is 15.9 Å². The van der Waals surface area contributed by atoms with E-state index in [9.17, 15) is 13.2 Å². The molecule has 0 spiro atoms. The summed E-state index contributed by atoms with van der Waals surface area (Å²) in [5, 5.41) is 2.78. The minimum Gasteiger partial charge on any atom is -0.331 e. The van der Waals surface area contributed by atoms with Crippen molar-refractivity contribution in [2.24, 2.45) is 0 Å². The summed E-state index contributed by atoms with van der Waals surface area (Å²) in [6.07, 6.45) is 3.66. The second-order valence-electron chi connectivity index (χ2n) is 6.38. The normalized spacial score (nSPS) is 11.6. The van der Waals surface area contributed by atoms with Gasteiger partial charge in [0.2, 0.25) is 0 Å². The average molecular weight is 414 g/mol. The number of carbonyl (C=O) groups is 1. The van der Waals surface area contributed by atoms with Crippen LogP contribution in [0, 0.1) is 6.92 Å². The summed E-state index contributed by atoms with van der Waals surface area (Å²) in [5.74, 6) is 0.525. The van der Waals surface area contributed by atoms with Crippen molar-refractivity contribution in [3.05, 3.63) is 77.9 Å². The van der Waals surface area contributed by atoms with Crippen molar-refractivity contribution in [3.8, 4) is 0 Å². The van der Waals surface area contributed by atoms with Gasteiger partial charge in [-0.2, -0.15) is 0 Å². The Kier molecular flexibility index (Phi) is 6.12. The number of benzene rings is 2. The van der Waals surface area contributed by atoms with Crippen molar-refractivity contribution in [1.82, 2.24) is 14.0 Å². The Bertz CT molecular complexity index is 1110. The van der Waals surface area contributed by atoms with Gasteiger partial charge in [-0.3, -0.25) is 9.63 Å². The zero-order chi connectivity index (χ0) is 21.0. The zero-order valence-corrected chi connectivity index (χ0v) is 17.2. The predicted molar refractivity (Wildman–Crippen MR) is 109 cm³/mol. The van der Waals surface area contributed by atoms with Crippen LogP contribution in [0.25, 0.3) is 0 Å². The summed E-state index contributed by atoms with van der Waals surface area (Å²) >= 11 is 0. The fourth-order valence-electron chi connectivity index (χ4n) is 2.71. The highest BCUT2D eigenvalue weighted by Crippen LogP contribution is 2.18. The molecule has 1 amide bonds. The lowest BCUT2D eigenvalue weighted by Gasteiger charge is -2.14. The number of carbonyl (C=O) groups excluding carboxylic acids is 1. The summed E-state index contributed by atoms with van der Waals surface area (Å²) in [6, 6.07) is 13.2. The van der Waals surface area contributed by atoms with Crippen LogP contribution in [0.2, 0.25) is 0 Å². The largest absolute Gasteiger partial charge is 0.331 e. The number of nitrogens with one attached hydrogen (secondary N) is 1. The number of aryl methyl sites for hydroxylation is 1. The average Bonchev–Trinajstić information content (AvgIpc) is 3.13. The Morgan fingerprint density at radius 2 is 1.93 bits per heavy atom. The lowest BCUT2D eigenvalue weighted by Crippen LogP contribution is -2.26. The Hall–Kier alpha value is -3.01. The van der Waals surface area contributed by atoms with Crippen LogP contribution >= 0.6 is 0 Å². The molecule has 1 heterocycles. The summed E-state index contributed by atoms with van der Waals surface area (Å²) in [4.78, 5) is 21.5. The highest BCUT2D eigenvalue weighted by Gasteiger charge is 2.22. The fraction of sp³-hybridized carbons (Fsp3) is 0.200. The number of rotatable bonds is 7. The molecule has 0 bridgehead atoms. The maximum absolute atomic E-state index is 12.6. The molecule has 0 aliphatic heterocycles. The molecule has 0 saturated heterocycles. The number of aromatic nitrogens is 2. The lowest BCUT2D eigenvalue weighted by atomic mass is 10.2. The third-order valence-corrected chi connectivity index (χ3v) is 6.15. The minimum absolute atomic E-state index is 0.0273. The van der Waals surface area contributed by atoms with E-state index in [-0.39, 0.29) is 10.5 Å². The number of hydrogen-bond donors (Lipinski definition) is 1. The van der Waals surface area contributed by atoms with Gasteiger partial charge in [0, 0.05) is 37.2 Å². The molecule has 0 fully saturated rings. The number of hydroxylamine groups is 1. The first kappa shape index (κ1) is 20.7. The van der Waals surface area contributed by atoms with E-state index >= 15 is 0 Å². The van der Waals surface area contributed by atoms with Gasteiger partial charge in [-0.15, -0.1) is 0 Å². The van der Waals surface area contributed by atoms with Crippen LogP contribution in [0.15, 0.2) is 65.8 Å². The van der Waals surface area contributed by atoms with Crippen LogP contribution < -0.4 is 5.32 Å². The van der Waals surface area contributed by atoms with Crippen molar-refractivity contribution in [2.45, 2.75) is 18.4 Å². The van der Waals surface area contributed by atoms with Gasteiger partial charge in [0.05, 0.1) is 12.0 Å². The predicted octanol–water partition coefficient (Wildman–Crippen LogP) is 2.67. The van der Waals surface area contributed by atoms with Gasteiger partial charge in [-0.25, -0.2) is 13.4 Å². The number of imidazole rings is 1. The van der Waals surface area contributed by atoms with E-state index in [4.69, 9.17) is 4.84 Å². The first-order valence-corrected chi connectivity index (χ1v) is 10.3. The van der Waals surface area contributed by atoms with Gasteiger partial charge in [0.15, 0.2) is 0 Å². The highest BCUT2D eigenvalue weighted by atomic mass is 32.2. The van der Waals surface area contributed by atoms with E-state index in [1.807, 2.05) is 29.8 Å². The topological polar surface area (TPSA) is 93.5 Å². The monoisotopic (exact) mass is 414 g/mol. The van der Waals surface area contributed by atoms with E-state index in [1.54, 1.807) is 24.4 Å². The van der Waals surface area contributed by atoms with Crippen molar-refractivity contribution in [2.75, 3.05) is 19.5 Å². The van der Waals surface area contributed by atoms with Crippen LogP contribution in [-0.4, -0.2) is 42.5 Å². The molecule has 152 valence electrons. The van der Waals surface area contributed by atoms with Crippen LogP contribution in [0.3, 0.4) is 0 Å². The first-order valence-electron chi connectivity index (χ1n) is 8.82. The Morgan fingerprint density at radius 3 is 2.55 bits per heavy atom. The summed E-state index contributed by atoms with van der Waals surface area (Å²) in [5.41, 5.74) is 1.91. The Labute approximate surface area is 169 Å². The maximum atomic E-state index is 12.6. The smallest absolute Gasteiger partial charge is 0.264 e. The van der Waals surface area contributed by atoms with E-state index in [1.165, 1.54) is 32.4 Å². The molecule has 0 atom stereocenters. The molecule has 0 aliphatic carbocycles. The van der Waals surface area contributed by atoms with Gasteiger partial charge in [0.1, 0.15) is 5.82 Å².